The van der Waals surface area contributed by atoms with Gasteiger partial charge in [0.1, 0.15) is 11.5 Å². The third-order valence-corrected chi connectivity index (χ3v) is 5.93. The highest BCUT2D eigenvalue weighted by Gasteiger charge is 2.36. The fourth-order valence-electron chi connectivity index (χ4n) is 3.94. The highest BCUT2D eigenvalue weighted by Crippen LogP contribution is 2.34. The number of aromatic nitrogens is 4. The molecule has 2 atom stereocenters. The van der Waals surface area contributed by atoms with Crippen molar-refractivity contribution in [3.05, 3.63) is 59.7 Å². The second-order valence-corrected chi connectivity index (χ2v) is 8.07. The number of hydrogen-bond acceptors (Lipinski definition) is 5. The Labute approximate surface area is 185 Å². The molecule has 1 saturated heterocycles. The quantitative estimate of drug-likeness (QED) is 0.637. The number of tetrazole rings is 1. The van der Waals surface area contributed by atoms with Crippen molar-refractivity contribution in [2.75, 3.05) is 16.8 Å². The molecular formula is C23H25FN6O2. The Bertz CT molecular complexity index is 1160. The molecule has 0 radical (unpaired) electrons. The van der Waals surface area contributed by atoms with E-state index in [1.54, 1.807) is 11.8 Å². The summed E-state index contributed by atoms with van der Waals surface area (Å²) in [4.78, 5) is 27.4. The van der Waals surface area contributed by atoms with Gasteiger partial charge in [-0.2, -0.15) is 4.68 Å². The van der Waals surface area contributed by atoms with Gasteiger partial charge in [-0.25, -0.2) is 4.39 Å². The predicted molar refractivity (Wildman–Crippen MR) is 118 cm³/mol. The van der Waals surface area contributed by atoms with Gasteiger partial charge in [-0.05, 0) is 59.5 Å². The number of hydrogen-bond donors (Lipinski definition) is 1. The Morgan fingerprint density at radius 2 is 2.03 bits per heavy atom. The maximum absolute atomic E-state index is 14.3. The molecule has 2 unspecified atom stereocenters. The number of benzene rings is 2. The summed E-state index contributed by atoms with van der Waals surface area (Å²) in [6.07, 6.45) is 1.08. The maximum Gasteiger partial charge on any atom is 0.229 e. The van der Waals surface area contributed by atoms with E-state index in [9.17, 15) is 14.0 Å². The van der Waals surface area contributed by atoms with Crippen molar-refractivity contribution in [1.29, 1.82) is 0 Å². The largest absolute Gasteiger partial charge is 0.326 e. The summed E-state index contributed by atoms with van der Waals surface area (Å²) >= 11 is 0. The van der Waals surface area contributed by atoms with E-state index in [0.717, 1.165) is 17.7 Å². The normalized spacial score (nSPS) is 16.9. The Hall–Kier alpha value is -3.62. The molecule has 0 bridgehead atoms. The van der Waals surface area contributed by atoms with Crippen molar-refractivity contribution in [2.45, 2.75) is 39.5 Å². The van der Waals surface area contributed by atoms with Gasteiger partial charge in [0.2, 0.25) is 11.8 Å². The summed E-state index contributed by atoms with van der Waals surface area (Å²) in [5.41, 5.74) is 2.51. The average molecular weight is 436 g/mol. The first-order valence-electron chi connectivity index (χ1n) is 10.6. The van der Waals surface area contributed by atoms with Crippen LogP contribution in [-0.2, 0) is 9.59 Å². The van der Waals surface area contributed by atoms with Gasteiger partial charge in [0.25, 0.3) is 0 Å². The van der Waals surface area contributed by atoms with E-state index in [2.05, 4.69) is 34.7 Å². The molecule has 9 heteroatoms. The number of nitrogens with zero attached hydrogens (tertiary/aromatic N) is 5. The zero-order valence-corrected chi connectivity index (χ0v) is 18.2. The molecule has 2 amide bonds. The summed E-state index contributed by atoms with van der Waals surface area (Å²) in [5.74, 6) is -0.653. The minimum atomic E-state index is -0.512. The van der Waals surface area contributed by atoms with Gasteiger partial charge < -0.3 is 10.2 Å². The van der Waals surface area contributed by atoms with E-state index < -0.39 is 11.7 Å². The number of anilines is 2. The minimum absolute atomic E-state index is 0.0787. The lowest BCUT2D eigenvalue weighted by Crippen LogP contribution is -2.29. The van der Waals surface area contributed by atoms with Crippen LogP contribution in [-0.4, -0.2) is 38.6 Å². The summed E-state index contributed by atoms with van der Waals surface area (Å²) in [6.45, 7) is 6.19. The lowest BCUT2D eigenvalue weighted by atomic mass is 9.96. The average Bonchev–Trinajstić information content (AvgIpc) is 3.40. The Morgan fingerprint density at radius 1 is 1.25 bits per heavy atom. The molecule has 1 N–H and O–H groups in total. The zero-order chi connectivity index (χ0) is 22.8. The van der Waals surface area contributed by atoms with Crippen molar-refractivity contribution < 1.29 is 14.0 Å². The monoisotopic (exact) mass is 436 g/mol. The number of para-hydroxylation sites is 1. The van der Waals surface area contributed by atoms with Crippen molar-refractivity contribution in [2.24, 2.45) is 5.92 Å². The molecule has 4 rings (SSSR count). The van der Waals surface area contributed by atoms with Crippen LogP contribution in [0.3, 0.4) is 0 Å². The molecule has 1 aliphatic rings. The Kier molecular flexibility index (Phi) is 5.98. The van der Waals surface area contributed by atoms with Crippen molar-refractivity contribution >= 4 is 23.2 Å². The lowest BCUT2D eigenvalue weighted by Gasteiger charge is -2.23. The predicted octanol–water partition coefficient (Wildman–Crippen LogP) is 3.61. The molecular weight excluding hydrogens is 411 g/mol. The van der Waals surface area contributed by atoms with Crippen LogP contribution in [0, 0.1) is 18.7 Å². The molecule has 2 aromatic carbocycles. The van der Waals surface area contributed by atoms with Crippen molar-refractivity contribution in [3.63, 3.8) is 0 Å². The molecule has 166 valence electrons. The van der Waals surface area contributed by atoms with Crippen LogP contribution in [0.4, 0.5) is 15.8 Å². The van der Waals surface area contributed by atoms with Gasteiger partial charge in [0.15, 0.2) is 5.82 Å². The van der Waals surface area contributed by atoms with Crippen LogP contribution in [0.1, 0.15) is 44.0 Å². The molecule has 0 spiro atoms. The van der Waals surface area contributed by atoms with Gasteiger partial charge in [-0.15, -0.1) is 5.10 Å². The summed E-state index contributed by atoms with van der Waals surface area (Å²) in [7, 11) is 0. The van der Waals surface area contributed by atoms with Gasteiger partial charge in [0.05, 0.1) is 5.92 Å². The van der Waals surface area contributed by atoms with Crippen LogP contribution in [0.25, 0.3) is 5.69 Å². The smallest absolute Gasteiger partial charge is 0.229 e. The fourth-order valence-corrected chi connectivity index (χ4v) is 3.94. The number of halogens is 1. The molecule has 2 heterocycles. The van der Waals surface area contributed by atoms with E-state index in [0.29, 0.717) is 24.0 Å². The molecule has 1 aliphatic heterocycles. The number of nitrogens with one attached hydrogen (secondary N) is 1. The SMILES string of the molecule is CCC(C)c1ccccc1N1CC(C(=O)Nc2ccc(F)c(-n3nnnc3C)c2)CC1=O. The minimum Gasteiger partial charge on any atom is -0.326 e. The van der Waals surface area contributed by atoms with E-state index in [4.69, 9.17) is 0 Å². The highest BCUT2D eigenvalue weighted by atomic mass is 19.1. The summed E-state index contributed by atoms with van der Waals surface area (Å²) < 4.78 is 15.6. The summed E-state index contributed by atoms with van der Waals surface area (Å²) in [5, 5.41) is 13.9. The second kappa shape index (κ2) is 8.86. The van der Waals surface area contributed by atoms with Gasteiger partial charge in [-0.3, -0.25) is 9.59 Å². The first-order valence-corrected chi connectivity index (χ1v) is 10.6. The number of amides is 2. The summed E-state index contributed by atoms with van der Waals surface area (Å²) in [6, 6.07) is 12.0. The van der Waals surface area contributed by atoms with E-state index in [-0.39, 0.29) is 23.9 Å². The molecule has 32 heavy (non-hydrogen) atoms. The zero-order valence-electron chi connectivity index (χ0n) is 18.2. The van der Waals surface area contributed by atoms with Crippen molar-refractivity contribution in [1.82, 2.24) is 20.2 Å². The standard InChI is InChI=1S/C23H25FN6O2/c1-4-14(2)18-7-5-6-8-20(18)29-13-16(11-22(29)31)23(32)25-17-9-10-19(24)21(12-17)30-15(3)26-27-28-30/h5-10,12,14,16H,4,11,13H2,1-3H3,(H,25,32). The molecule has 1 aromatic heterocycles. The second-order valence-electron chi connectivity index (χ2n) is 8.07. The van der Waals surface area contributed by atoms with E-state index in [1.807, 2.05) is 24.3 Å². The number of carbonyl (C=O) groups is 2. The number of carbonyl (C=O) groups excluding carboxylic acids is 2. The Morgan fingerprint density at radius 3 is 2.75 bits per heavy atom. The molecule has 3 aromatic rings. The Balaban J connectivity index is 1.52. The number of aryl methyl sites for hydroxylation is 1. The molecule has 1 fully saturated rings. The highest BCUT2D eigenvalue weighted by molar-refractivity contribution is 6.04. The first-order chi connectivity index (χ1) is 15.4. The topological polar surface area (TPSA) is 93.0 Å². The molecule has 8 nitrogen and oxygen atoms in total. The third-order valence-electron chi connectivity index (χ3n) is 5.93. The van der Waals surface area contributed by atoms with Crippen LogP contribution < -0.4 is 10.2 Å². The van der Waals surface area contributed by atoms with Crippen molar-refractivity contribution in [3.8, 4) is 5.69 Å². The molecule has 0 aliphatic carbocycles. The lowest BCUT2D eigenvalue weighted by molar-refractivity contribution is -0.122. The van der Waals surface area contributed by atoms with Crippen LogP contribution >= 0.6 is 0 Å². The van der Waals surface area contributed by atoms with Gasteiger partial charge >= 0.3 is 0 Å². The fraction of sp³-hybridized carbons (Fsp3) is 0.348. The number of rotatable bonds is 6. The van der Waals surface area contributed by atoms with E-state index in [1.165, 1.54) is 22.9 Å². The van der Waals surface area contributed by atoms with E-state index >= 15 is 0 Å². The van der Waals surface area contributed by atoms with Crippen LogP contribution in [0.15, 0.2) is 42.5 Å². The third kappa shape index (κ3) is 4.10. The van der Waals surface area contributed by atoms with Gasteiger partial charge in [0, 0.05) is 24.3 Å². The van der Waals surface area contributed by atoms with Crippen LogP contribution in [0.2, 0.25) is 0 Å². The van der Waals surface area contributed by atoms with Gasteiger partial charge in [-0.1, -0.05) is 32.0 Å². The molecule has 0 saturated carbocycles. The maximum atomic E-state index is 14.3. The first kappa shape index (κ1) is 21.6. The van der Waals surface area contributed by atoms with Crippen LogP contribution in [0.5, 0.6) is 0 Å².